The number of urea groups is 1. The third-order valence-electron chi connectivity index (χ3n) is 3.30. The predicted molar refractivity (Wildman–Crippen MR) is 92.2 cm³/mol. The third-order valence-corrected chi connectivity index (χ3v) is 3.83. The van der Waals surface area contributed by atoms with Crippen LogP contribution < -0.4 is 10.2 Å². The molecule has 0 aliphatic carbocycles. The highest BCUT2D eigenvalue weighted by Gasteiger charge is 2.30. The number of alkyl halides is 3. The van der Waals surface area contributed by atoms with Gasteiger partial charge in [-0.25, -0.2) is 4.79 Å². The van der Waals surface area contributed by atoms with Crippen molar-refractivity contribution in [1.82, 2.24) is 0 Å². The van der Waals surface area contributed by atoms with Crippen molar-refractivity contribution in [3.8, 4) is 0 Å². The normalized spacial score (nSPS) is 11.5. The predicted octanol–water partition coefficient (Wildman–Crippen LogP) is 5.91. The summed E-state index contributed by atoms with van der Waals surface area (Å²) in [4.78, 5) is 13.9. The summed E-state index contributed by atoms with van der Waals surface area (Å²) in [5.74, 6) is 0. The number of amides is 2. The standard InChI is InChI=1S/C17H16BrF3N2O/c1-11(2)23(15-9-3-12(4-10-15)17(19,20)21)16(24)22-14-7-5-13(18)6-8-14/h3-11H,1-2H3,(H,22,24). The van der Waals surface area contributed by atoms with E-state index in [4.69, 9.17) is 0 Å². The van der Waals surface area contributed by atoms with Crippen molar-refractivity contribution in [2.45, 2.75) is 26.1 Å². The van der Waals surface area contributed by atoms with Gasteiger partial charge in [0, 0.05) is 21.9 Å². The molecule has 0 spiro atoms. The molecule has 0 fully saturated rings. The van der Waals surface area contributed by atoms with Gasteiger partial charge in [0.1, 0.15) is 0 Å². The number of carbonyl (C=O) groups is 1. The van der Waals surface area contributed by atoms with Gasteiger partial charge in [-0.3, -0.25) is 4.90 Å². The molecule has 2 aromatic carbocycles. The topological polar surface area (TPSA) is 32.3 Å². The fourth-order valence-electron chi connectivity index (χ4n) is 2.18. The molecule has 3 nitrogen and oxygen atoms in total. The van der Waals surface area contributed by atoms with Crippen molar-refractivity contribution in [3.63, 3.8) is 0 Å². The van der Waals surface area contributed by atoms with Crippen LogP contribution in [0.1, 0.15) is 19.4 Å². The first-order valence-corrected chi connectivity index (χ1v) is 8.01. The van der Waals surface area contributed by atoms with Gasteiger partial charge in [-0.15, -0.1) is 0 Å². The van der Waals surface area contributed by atoms with Crippen LogP contribution in [-0.4, -0.2) is 12.1 Å². The van der Waals surface area contributed by atoms with E-state index in [9.17, 15) is 18.0 Å². The molecule has 0 saturated heterocycles. The van der Waals surface area contributed by atoms with Gasteiger partial charge in [-0.2, -0.15) is 13.2 Å². The molecule has 2 amide bonds. The first kappa shape index (κ1) is 18.3. The molecule has 0 aliphatic heterocycles. The Hall–Kier alpha value is -2.02. The van der Waals surface area contributed by atoms with Crippen molar-refractivity contribution in [2.75, 3.05) is 10.2 Å². The number of hydrogen-bond donors (Lipinski definition) is 1. The van der Waals surface area contributed by atoms with E-state index in [1.807, 2.05) is 0 Å². The zero-order valence-electron chi connectivity index (χ0n) is 13.1. The number of rotatable bonds is 3. The number of halogens is 4. The zero-order valence-corrected chi connectivity index (χ0v) is 14.6. The van der Waals surface area contributed by atoms with Gasteiger partial charge in [0.25, 0.3) is 0 Å². The lowest BCUT2D eigenvalue weighted by molar-refractivity contribution is -0.137. The average Bonchev–Trinajstić information content (AvgIpc) is 2.49. The SMILES string of the molecule is CC(C)N(C(=O)Nc1ccc(Br)cc1)c1ccc(C(F)(F)F)cc1. The first-order valence-electron chi connectivity index (χ1n) is 7.21. The summed E-state index contributed by atoms with van der Waals surface area (Å²) in [6.07, 6.45) is -4.40. The molecule has 0 bridgehead atoms. The second kappa shape index (κ2) is 7.25. The highest BCUT2D eigenvalue weighted by Crippen LogP contribution is 2.31. The largest absolute Gasteiger partial charge is 0.416 e. The fraction of sp³-hybridized carbons (Fsp3) is 0.235. The lowest BCUT2D eigenvalue weighted by atomic mass is 10.1. The molecule has 128 valence electrons. The number of carbonyl (C=O) groups excluding carboxylic acids is 1. The highest BCUT2D eigenvalue weighted by atomic mass is 79.9. The fourth-order valence-corrected chi connectivity index (χ4v) is 2.44. The van der Waals surface area contributed by atoms with Crippen molar-refractivity contribution in [3.05, 3.63) is 58.6 Å². The summed E-state index contributed by atoms with van der Waals surface area (Å²) >= 11 is 3.31. The van der Waals surface area contributed by atoms with E-state index in [1.165, 1.54) is 17.0 Å². The molecular weight excluding hydrogens is 385 g/mol. The molecule has 24 heavy (non-hydrogen) atoms. The summed E-state index contributed by atoms with van der Waals surface area (Å²) in [6.45, 7) is 3.58. The van der Waals surface area contributed by atoms with Gasteiger partial charge in [0.2, 0.25) is 0 Å². The first-order chi connectivity index (χ1) is 11.2. The summed E-state index contributed by atoms with van der Waals surface area (Å²) in [5.41, 5.74) is 0.247. The van der Waals surface area contributed by atoms with E-state index < -0.39 is 17.8 Å². The molecule has 7 heteroatoms. The second-order valence-electron chi connectivity index (χ2n) is 5.45. The zero-order chi connectivity index (χ0) is 17.9. The van der Waals surface area contributed by atoms with Crippen molar-refractivity contribution in [2.24, 2.45) is 0 Å². The molecular formula is C17H16BrF3N2O. The maximum atomic E-state index is 12.7. The smallest absolute Gasteiger partial charge is 0.308 e. The van der Waals surface area contributed by atoms with E-state index in [-0.39, 0.29) is 6.04 Å². The van der Waals surface area contributed by atoms with Gasteiger partial charge < -0.3 is 5.32 Å². The Kier molecular flexibility index (Phi) is 5.54. The number of anilines is 2. The monoisotopic (exact) mass is 400 g/mol. The Bertz CT molecular complexity index is 697. The molecule has 0 saturated carbocycles. The van der Waals surface area contributed by atoms with Crippen LogP contribution in [0.25, 0.3) is 0 Å². The molecule has 1 N–H and O–H groups in total. The molecule has 0 radical (unpaired) electrons. The maximum Gasteiger partial charge on any atom is 0.416 e. The molecule has 0 heterocycles. The van der Waals surface area contributed by atoms with Gasteiger partial charge in [-0.05, 0) is 62.4 Å². The minimum atomic E-state index is -4.40. The number of benzene rings is 2. The lowest BCUT2D eigenvalue weighted by Gasteiger charge is -2.27. The van der Waals surface area contributed by atoms with Crippen LogP contribution in [-0.2, 0) is 6.18 Å². The van der Waals surface area contributed by atoms with Crippen LogP contribution >= 0.6 is 15.9 Å². The van der Waals surface area contributed by atoms with E-state index in [2.05, 4.69) is 21.2 Å². The van der Waals surface area contributed by atoms with Crippen LogP contribution in [0.3, 0.4) is 0 Å². The quantitative estimate of drug-likeness (QED) is 0.681. The van der Waals surface area contributed by atoms with Gasteiger partial charge in [0.15, 0.2) is 0 Å². The molecule has 0 aliphatic rings. The van der Waals surface area contributed by atoms with Gasteiger partial charge in [-0.1, -0.05) is 15.9 Å². The number of nitrogens with one attached hydrogen (secondary N) is 1. The van der Waals surface area contributed by atoms with Gasteiger partial charge >= 0.3 is 12.2 Å². The van der Waals surface area contributed by atoms with Gasteiger partial charge in [0.05, 0.1) is 5.56 Å². The molecule has 0 aromatic heterocycles. The lowest BCUT2D eigenvalue weighted by Crippen LogP contribution is -2.40. The summed E-state index contributed by atoms with van der Waals surface area (Å²) < 4.78 is 38.9. The van der Waals surface area contributed by atoms with E-state index in [0.717, 1.165) is 16.6 Å². The van der Waals surface area contributed by atoms with E-state index >= 15 is 0 Å². The van der Waals surface area contributed by atoms with Crippen molar-refractivity contribution in [1.29, 1.82) is 0 Å². The molecule has 2 rings (SSSR count). The van der Waals surface area contributed by atoms with Crippen LogP contribution in [0, 0.1) is 0 Å². The van der Waals surface area contributed by atoms with E-state index in [1.54, 1.807) is 38.1 Å². The Morgan fingerprint density at radius 1 is 1.04 bits per heavy atom. The molecule has 2 aromatic rings. The van der Waals surface area contributed by atoms with Crippen molar-refractivity contribution < 1.29 is 18.0 Å². The Morgan fingerprint density at radius 3 is 2.04 bits per heavy atom. The maximum absolute atomic E-state index is 12.7. The molecule has 0 unspecified atom stereocenters. The third kappa shape index (κ3) is 4.50. The highest BCUT2D eigenvalue weighted by molar-refractivity contribution is 9.10. The van der Waals surface area contributed by atoms with Crippen molar-refractivity contribution >= 4 is 33.3 Å². The van der Waals surface area contributed by atoms with Crippen LogP contribution in [0.5, 0.6) is 0 Å². The minimum absolute atomic E-state index is 0.225. The summed E-state index contributed by atoms with van der Waals surface area (Å²) in [6, 6.07) is 10.9. The molecule has 0 atom stereocenters. The Labute approximate surface area is 146 Å². The summed E-state index contributed by atoms with van der Waals surface area (Å²) in [7, 11) is 0. The van der Waals surface area contributed by atoms with Crippen LogP contribution in [0.15, 0.2) is 53.0 Å². The Balaban J connectivity index is 2.22. The number of nitrogens with zero attached hydrogens (tertiary/aromatic N) is 1. The van der Waals surface area contributed by atoms with Crippen LogP contribution in [0.4, 0.5) is 29.3 Å². The minimum Gasteiger partial charge on any atom is -0.308 e. The van der Waals surface area contributed by atoms with Crippen LogP contribution in [0.2, 0.25) is 0 Å². The average molecular weight is 401 g/mol. The summed E-state index contributed by atoms with van der Waals surface area (Å²) in [5, 5.41) is 2.74. The second-order valence-corrected chi connectivity index (χ2v) is 6.36. The Morgan fingerprint density at radius 2 is 1.58 bits per heavy atom. The van der Waals surface area contributed by atoms with E-state index in [0.29, 0.717) is 11.4 Å². The number of hydrogen-bond acceptors (Lipinski definition) is 1.